The number of hydrogen-bond acceptors (Lipinski definition) is 8. The summed E-state index contributed by atoms with van der Waals surface area (Å²) < 4.78 is 3.48. The third-order valence-corrected chi connectivity index (χ3v) is 6.56. The second-order valence-corrected chi connectivity index (χ2v) is 8.19. The van der Waals surface area contributed by atoms with Gasteiger partial charge in [0.25, 0.3) is 0 Å². The molecule has 11 nitrogen and oxygen atoms in total. The quantitative estimate of drug-likeness (QED) is 0.407. The van der Waals surface area contributed by atoms with Crippen LogP contribution in [0.3, 0.4) is 0 Å². The Kier molecular flexibility index (Phi) is 5.36. The monoisotopic (exact) mass is 438 g/mol. The van der Waals surface area contributed by atoms with Crippen LogP contribution in [-0.2, 0) is 11.8 Å². The van der Waals surface area contributed by atoms with Gasteiger partial charge in [0.2, 0.25) is 11.7 Å². The molecule has 4 rings (SSSR count). The molecule has 1 aliphatic rings. The summed E-state index contributed by atoms with van der Waals surface area (Å²) in [4.78, 5) is 30.1. The highest BCUT2D eigenvalue weighted by Gasteiger charge is 2.59. The third-order valence-electron chi connectivity index (χ3n) is 6.56. The summed E-state index contributed by atoms with van der Waals surface area (Å²) in [5.41, 5.74) is 0.470. The summed E-state index contributed by atoms with van der Waals surface area (Å²) in [6, 6.07) is -0.630. The first-order valence-corrected chi connectivity index (χ1v) is 10.2. The van der Waals surface area contributed by atoms with Crippen LogP contribution in [0.15, 0.2) is 18.9 Å². The number of hydrogen-bond donors (Lipinski definition) is 4. The van der Waals surface area contributed by atoms with Crippen molar-refractivity contribution >= 4 is 22.9 Å². The van der Waals surface area contributed by atoms with Gasteiger partial charge in [-0.2, -0.15) is 0 Å². The number of aromatic nitrogens is 6. The number of anilines is 1. The first-order chi connectivity index (χ1) is 15.2. The fourth-order valence-electron chi connectivity index (χ4n) is 4.44. The van der Waals surface area contributed by atoms with E-state index in [1.165, 1.54) is 7.05 Å². The van der Waals surface area contributed by atoms with E-state index in [-0.39, 0.29) is 11.7 Å². The van der Waals surface area contributed by atoms with Gasteiger partial charge in [0.1, 0.15) is 11.8 Å². The average molecular weight is 438 g/mol. The minimum atomic E-state index is -1.25. The topological polar surface area (TPSA) is 143 Å². The van der Waals surface area contributed by atoms with Crippen LogP contribution in [-0.4, -0.2) is 71.5 Å². The predicted octanol–water partition coefficient (Wildman–Crippen LogP) is -0.334. The fraction of sp³-hybridized carbons (Fsp3) is 0.476. The van der Waals surface area contributed by atoms with Gasteiger partial charge in [-0.25, -0.2) is 19.9 Å². The summed E-state index contributed by atoms with van der Waals surface area (Å²) in [5.74, 6) is 5.94. The molecule has 3 aromatic heterocycles. The molecule has 4 N–H and O–H groups in total. The maximum atomic E-state index is 12.6. The number of imidazole rings is 2. The van der Waals surface area contributed by atoms with E-state index in [4.69, 9.17) is 0 Å². The molecule has 0 radical (unpaired) electrons. The Morgan fingerprint density at radius 3 is 2.59 bits per heavy atom. The van der Waals surface area contributed by atoms with Crippen molar-refractivity contribution in [2.75, 3.05) is 19.4 Å². The molecule has 11 heteroatoms. The van der Waals surface area contributed by atoms with Crippen molar-refractivity contribution in [2.45, 2.75) is 32.1 Å². The lowest BCUT2D eigenvalue weighted by atomic mass is 9.77. The van der Waals surface area contributed by atoms with Crippen LogP contribution in [0.2, 0.25) is 0 Å². The van der Waals surface area contributed by atoms with Crippen LogP contribution in [0.25, 0.3) is 11.2 Å². The Morgan fingerprint density at radius 1 is 1.22 bits per heavy atom. The van der Waals surface area contributed by atoms with Crippen LogP contribution in [0.4, 0.5) is 5.82 Å². The number of aliphatic hydroxyl groups excluding tert-OH is 2. The lowest BCUT2D eigenvalue weighted by molar-refractivity contribution is -0.139. The molecule has 1 saturated carbocycles. The second kappa shape index (κ2) is 7.89. The Morgan fingerprint density at radius 2 is 1.97 bits per heavy atom. The largest absolute Gasteiger partial charge is 0.389 e. The zero-order valence-electron chi connectivity index (χ0n) is 18.5. The predicted molar refractivity (Wildman–Crippen MR) is 116 cm³/mol. The van der Waals surface area contributed by atoms with Crippen molar-refractivity contribution < 1.29 is 15.0 Å². The third kappa shape index (κ3) is 3.11. The number of aryl methyl sites for hydroxylation is 1. The van der Waals surface area contributed by atoms with Crippen molar-refractivity contribution in [1.29, 1.82) is 0 Å². The van der Waals surface area contributed by atoms with Gasteiger partial charge in [0.15, 0.2) is 17.0 Å². The molecule has 5 atom stereocenters. The first-order valence-electron chi connectivity index (χ1n) is 10.2. The number of nitrogens with zero attached hydrogens (tertiary/aromatic N) is 6. The fourth-order valence-corrected chi connectivity index (χ4v) is 4.44. The van der Waals surface area contributed by atoms with Gasteiger partial charge in [-0.15, -0.1) is 0 Å². The molecule has 0 spiro atoms. The molecular formula is C21H26N8O3. The molecule has 1 fully saturated rings. The first kappa shape index (κ1) is 21.7. The minimum absolute atomic E-state index is 0.263. The summed E-state index contributed by atoms with van der Waals surface area (Å²) in [6.45, 7) is 3.48. The van der Waals surface area contributed by atoms with E-state index in [1.54, 1.807) is 42.0 Å². The number of aliphatic hydroxyl groups is 2. The van der Waals surface area contributed by atoms with Gasteiger partial charge in [-0.05, 0) is 24.7 Å². The SMILES string of the molecule is CNC(=O)C1(C)[C@H](C)[C@@H](n2cnc3c(NC)nc(C#Cc4cncn4C)nc32)[C@H](O)[C@@H]1O. The van der Waals surface area contributed by atoms with Gasteiger partial charge in [-0.3, -0.25) is 4.79 Å². The van der Waals surface area contributed by atoms with E-state index in [0.29, 0.717) is 22.7 Å². The van der Waals surface area contributed by atoms with E-state index in [2.05, 4.69) is 42.4 Å². The normalized spacial score (nSPS) is 27.2. The van der Waals surface area contributed by atoms with Crippen molar-refractivity contribution in [2.24, 2.45) is 18.4 Å². The Labute approximate surface area is 184 Å². The molecule has 0 bridgehead atoms. The van der Waals surface area contributed by atoms with Crippen LogP contribution in [0, 0.1) is 23.2 Å². The van der Waals surface area contributed by atoms with Crippen LogP contribution in [0.1, 0.15) is 31.4 Å². The molecular weight excluding hydrogens is 412 g/mol. The van der Waals surface area contributed by atoms with Gasteiger partial charge in [0, 0.05) is 21.1 Å². The molecule has 168 valence electrons. The Bertz CT molecular complexity index is 1240. The van der Waals surface area contributed by atoms with Crippen molar-refractivity contribution in [3.8, 4) is 11.8 Å². The van der Waals surface area contributed by atoms with E-state index >= 15 is 0 Å². The summed E-state index contributed by atoms with van der Waals surface area (Å²) in [5, 5.41) is 27.3. The van der Waals surface area contributed by atoms with Gasteiger partial charge < -0.3 is 30.0 Å². The molecule has 32 heavy (non-hydrogen) atoms. The zero-order chi connectivity index (χ0) is 23.2. The summed E-state index contributed by atoms with van der Waals surface area (Å²) >= 11 is 0. The standard InChI is InChI=1S/C21H26N8O3/c1-11-15(16(30)17(31)21(11,2)20(32)23-4)29-10-25-14-18(22-3)26-13(27-19(14)29)7-6-12-8-24-9-28(12)5/h8-11,15-17,30-31H,1-5H3,(H,23,32)(H,22,26,27)/t11-,15-,16+,17+,21?/m1/s1. The van der Waals surface area contributed by atoms with Crippen LogP contribution < -0.4 is 10.6 Å². The second-order valence-electron chi connectivity index (χ2n) is 8.19. The van der Waals surface area contributed by atoms with Gasteiger partial charge in [0.05, 0.1) is 36.4 Å². The maximum absolute atomic E-state index is 12.6. The number of fused-ring (bicyclic) bond motifs is 1. The van der Waals surface area contributed by atoms with Gasteiger partial charge in [-0.1, -0.05) is 6.92 Å². The molecule has 1 amide bonds. The smallest absolute Gasteiger partial charge is 0.228 e. The van der Waals surface area contributed by atoms with Gasteiger partial charge >= 0.3 is 0 Å². The highest BCUT2D eigenvalue weighted by Crippen LogP contribution is 2.50. The molecule has 3 heterocycles. The number of amides is 1. The summed E-state index contributed by atoms with van der Waals surface area (Å²) in [7, 11) is 5.07. The zero-order valence-corrected chi connectivity index (χ0v) is 18.5. The Balaban J connectivity index is 1.83. The molecule has 0 aliphatic heterocycles. The number of rotatable bonds is 3. The average Bonchev–Trinajstić information content (AvgIpc) is 3.44. The lowest BCUT2D eigenvalue weighted by Crippen LogP contribution is -2.47. The van der Waals surface area contributed by atoms with E-state index in [9.17, 15) is 15.0 Å². The molecule has 0 aromatic carbocycles. The number of carbonyl (C=O) groups is 1. The molecule has 0 saturated heterocycles. The minimum Gasteiger partial charge on any atom is -0.389 e. The Hall–Kier alpha value is -3.49. The van der Waals surface area contributed by atoms with E-state index < -0.39 is 29.6 Å². The molecule has 3 aromatic rings. The molecule has 1 unspecified atom stereocenters. The lowest BCUT2D eigenvalue weighted by Gasteiger charge is -2.31. The molecule has 1 aliphatic carbocycles. The highest BCUT2D eigenvalue weighted by atomic mass is 16.3. The summed E-state index contributed by atoms with van der Waals surface area (Å²) in [6.07, 6.45) is 2.40. The number of nitrogens with one attached hydrogen (secondary N) is 2. The van der Waals surface area contributed by atoms with Crippen LogP contribution >= 0.6 is 0 Å². The van der Waals surface area contributed by atoms with E-state index in [0.717, 1.165) is 0 Å². The van der Waals surface area contributed by atoms with E-state index in [1.807, 2.05) is 14.0 Å². The maximum Gasteiger partial charge on any atom is 0.228 e. The van der Waals surface area contributed by atoms with Crippen molar-refractivity contribution in [1.82, 2.24) is 34.4 Å². The van der Waals surface area contributed by atoms with Crippen molar-refractivity contribution in [3.05, 3.63) is 30.4 Å². The van der Waals surface area contributed by atoms with Crippen molar-refractivity contribution in [3.63, 3.8) is 0 Å². The highest BCUT2D eigenvalue weighted by molar-refractivity contribution is 5.85. The number of carbonyl (C=O) groups excluding carboxylic acids is 1. The van der Waals surface area contributed by atoms with Crippen LogP contribution in [0.5, 0.6) is 0 Å².